The summed E-state index contributed by atoms with van der Waals surface area (Å²) in [6.07, 6.45) is 0. The Morgan fingerprint density at radius 3 is 2.67 bits per heavy atom. The molecule has 1 aromatic heterocycles. The number of hydrogen-bond acceptors (Lipinski definition) is 3. The molecule has 12 heavy (non-hydrogen) atoms. The first-order valence-electron chi connectivity index (χ1n) is 3.73. The zero-order valence-corrected chi connectivity index (χ0v) is 7.11. The lowest BCUT2D eigenvalue weighted by molar-refractivity contribution is -0.910. The van der Waals surface area contributed by atoms with E-state index >= 15 is 0 Å². The molecule has 0 bridgehead atoms. The van der Waals surface area contributed by atoms with Crippen LogP contribution in [0.1, 0.15) is 12.6 Å². The zero-order chi connectivity index (χ0) is 9.14. The molecule has 0 unspecified atom stereocenters. The summed E-state index contributed by atoms with van der Waals surface area (Å²) in [6, 6.07) is 3.00. The van der Waals surface area contributed by atoms with Crippen molar-refractivity contribution in [3.8, 4) is 11.6 Å². The summed E-state index contributed by atoms with van der Waals surface area (Å²) < 4.78 is 5.84. The molecule has 0 fully saturated rings. The van der Waals surface area contributed by atoms with Crippen LogP contribution in [0, 0.1) is 6.92 Å². The maximum absolute atomic E-state index is 9.14. The second-order valence-electron chi connectivity index (χ2n) is 2.44. The van der Waals surface area contributed by atoms with Crippen molar-refractivity contribution in [2.75, 3.05) is 6.61 Å². The summed E-state index contributed by atoms with van der Waals surface area (Å²) >= 11 is 0. The summed E-state index contributed by atoms with van der Waals surface area (Å²) in [5.41, 5.74) is 0.526. The third kappa shape index (κ3) is 1.58. The summed E-state index contributed by atoms with van der Waals surface area (Å²) in [5.74, 6) is 0.330. The van der Waals surface area contributed by atoms with E-state index in [-0.39, 0.29) is 5.88 Å². The Bertz CT molecular complexity index is 263. The molecule has 4 nitrogen and oxygen atoms in total. The van der Waals surface area contributed by atoms with E-state index in [1.54, 1.807) is 13.0 Å². The lowest BCUT2D eigenvalue weighted by atomic mass is 10.3. The highest BCUT2D eigenvalue weighted by molar-refractivity contribution is 5.24. The number of aromatic hydroxyl groups is 1. The molecule has 0 aromatic carbocycles. The first-order chi connectivity index (χ1) is 5.65. The first-order valence-corrected chi connectivity index (χ1v) is 3.73. The van der Waals surface area contributed by atoms with Crippen LogP contribution in [-0.4, -0.2) is 16.9 Å². The molecular weight excluding hydrogens is 158 g/mol. The molecule has 0 atom stereocenters. The second kappa shape index (κ2) is 3.30. The van der Waals surface area contributed by atoms with Crippen LogP contribution in [-0.2, 0) is 0 Å². The van der Waals surface area contributed by atoms with E-state index in [0.717, 1.165) is 0 Å². The number of rotatable bonds is 2. The molecule has 2 N–H and O–H groups in total. The van der Waals surface area contributed by atoms with Crippen LogP contribution in [0.4, 0.5) is 0 Å². The van der Waals surface area contributed by atoms with Crippen molar-refractivity contribution in [2.45, 2.75) is 13.8 Å². The molecule has 1 rings (SSSR count). The van der Waals surface area contributed by atoms with Gasteiger partial charge in [0.25, 0.3) is 0 Å². The van der Waals surface area contributed by atoms with Crippen LogP contribution < -0.4 is 9.47 Å². The van der Waals surface area contributed by atoms with Crippen LogP contribution in [0.5, 0.6) is 11.6 Å². The molecule has 0 aliphatic rings. The van der Waals surface area contributed by atoms with Crippen molar-refractivity contribution in [3.05, 3.63) is 17.8 Å². The first kappa shape index (κ1) is 8.64. The van der Waals surface area contributed by atoms with Crippen LogP contribution in [0.3, 0.4) is 0 Å². The van der Waals surface area contributed by atoms with Gasteiger partial charge in [-0.15, -0.1) is 0 Å². The number of nitrogens with zero attached hydrogens (tertiary/aromatic N) is 1. The van der Waals surface area contributed by atoms with E-state index in [4.69, 9.17) is 15.1 Å². The van der Waals surface area contributed by atoms with Crippen LogP contribution >= 0.6 is 0 Å². The van der Waals surface area contributed by atoms with Gasteiger partial charge in [0.15, 0.2) is 0 Å². The summed E-state index contributed by atoms with van der Waals surface area (Å²) in [4.78, 5) is 0. The van der Waals surface area contributed by atoms with Gasteiger partial charge >= 0.3 is 5.88 Å². The molecule has 0 aliphatic heterocycles. The SMILES string of the molecule is CCOc1cc(C)[n+](O)c(O)c1. The maximum atomic E-state index is 9.14. The highest BCUT2D eigenvalue weighted by atomic mass is 16.5. The maximum Gasteiger partial charge on any atom is 0.418 e. The highest BCUT2D eigenvalue weighted by Crippen LogP contribution is 2.15. The fraction of sp³-hybridized carbons (Fsp3) is 0.375. The molecule has 1 aromatic rings. The van der Waals surface area contributed by atoms with E-state index in [1.807, 2.05) is 6.92 Å². The summed E-state index contributed by atoms with van der Waals surface area (Å²) in [7, 11) is 0. The van der Waals surface area contributed by atoms with Crippen molar-refractivity contribution in [1.82, 2.24) is 0 Å². The van der Waals surface area contributed by atoms with Gasteiger partial charge in [-0.1, -0.05) is 0 Å². The molecule has 0 aliphatic carbocycles. The van der Waals surface area contributed by atoms with Crippen molar-refractivity contribution in [2.24, 2.45) is 0 Å². The van der Waals surface area contributed by atoms with Crippen molar-refractivity contribution in [1.29, 1.82) is 0 Å². The third-order valence-corrected chi connectivity index (χ3v) is 1.48. The minimum Gasteiger partial charge on any atom is -0.493 e. The molecule has 0 saturated heterocycles. The molecule has 0 saturated carbocycles. The van der Waals surface area contributed by atoms with Gasteiger partial charge in [0.1, 0.15) is 5.75 Å². The largest absolute Gasteiger partial charge is 0.493 e. The van der Waals surface area contributed by atoms with Crippen molar-refractivity contribution >= 4 is 0 Å². The average molecular weight is 170 g/mol. The van der Waals surface area contributed by atoms with E-state index < -0.39 is 0 Å². The van der Waals surface area contributed by atoms with Gasteiger partial charge < -0.3 is 9.84 Å². The Morgan fingerprint density at radius 1 is 1.50 bits per heavy atom. The van der Waals surface area contributed by atoms with Crippen LogP contribution in [0.15, 0.2) is 12.1 Å². The number of pyridine rings is 1. The van der Waals surface area contributed by atoms with E-state index in [1.165, 1.54) is 6.07 Å². The monoisotopic (exact) mass is 170 g/mol. The lowest BCUT2D eigenvalue weighted by Gasteiger charge is -2.01. The number of hydrogen-bond donors (Lipinski definition) is 2. The number of ether oxygens (including phenoxy) is 1. The summed E-state index contributed by atoms with van der Waals surface area (Å²) in [5, 5.41) is 18.3. The predicted octanol–water partition coefficient (Wildman–Crippen LogP) is 0.624. The van der Waals surface area contributed by atoms with Crippen LogP contribution in [0.25, 0.3) is 0 Å². The zero-order valence-electron chi connectivity index (χ0n) is 7.11. The van der Waals surface area contributed by atoms with Crippen LogP contribution in [0.2, 0.25) is 0 Å². The van der Waals surface area contributed by atoms with Crippen molar-refractivity contribution < 1.29 is 19.8 Å². The normalized spacial score (nSPS) is 9.83. The minimum atomic E-state index is -0.224. The van der Waals surface area contributed by atoms with Gasteiger partial charge in [0.05, 0.1) is 18.7 Å². The lowest BCUT2D eigenvalue weighted by Crippen LogP contribution is -2.33. The van der Waals surface area contributed by atoms with Gasteiger partial charge in [-0.25, -0.2) is 0 Å². The smallest absolute Gasteiger partial charge is 0.418 e. The third-order valence-electron chi connectivity index (χ3n) is 1.48. The molecule has 4 heteroatoms. The fourth-order valence-electron chi connectivity index (χ4n) is 0.928. The minimum absolute atomic E-state index is 0.224. The highest BCUT2D eigenvalue weighted by Gasteiger charge is 2.14. The fourth-order valence-corrected chi connectivity index (χ4v) is 0.928. The van der Waals surface area contributed by atoms with Gasteiger partial charge in [-0.05, 0) is 6.92 Å². The van der Waals surface area contributed by atoms with Gasteiger partial charge in [0, 0.05) is 11.7 Å². The van der Waals surface area contributed by atoms with E-state index in [9.17, 15) is 0 Å². The summed E-state index contributed by atoms with van der Waals surface area (Å²) in [6.45, 7) is 4.06. The molecule has 0 spiro atoms. The Labute approximate surface area is 70.6 Å². The standard InChI is InChI=1S/C8H11NO3/c1-3-12-7-4-6(2)9(11)8(10)5-7/h4-5,11H,3H2,1-2H3/p+1. The van der Waals surface area contributed by atoms with Gasteiger partial charge in [0.2, 0.25) is 5.69 Å². The molecule has 1 heterocycles. The number of aromatic nitrogens is 1. The molecule has 0 radical (unpaired) electrons. The quantitative estimate of drug-likeness (QED) is 0.505. The molecule has 0 amide bonds. The Morgan fingerprint density at radius 2 is 2.17 bits per heavy atom. The second-order valence-corrected chi connectivity index (χ2v) is 2.44. The Hall–Kier alpha value is -1.45. The Kier molecular flexibility index (Phi) is 2.38. The predicted molar refractivity (Wildman–Crippen MR) is 41.4 cm³/mol. The van der Waals surface area contributed by atoms with Crippen molar-refractivity contribution in [3.63, 3.8) is 0 Å². The topological polar surface area (TPSA) is 53.6 Å². The van der Waals surface area contributed by atoms with Gasteiger partial charge in [-0.3, -0.25) is 5.21 Å². The Balaban J connectivity index is 3.04. The van der Waals surface area contributed by atoms with E-state index in [2.05, 4.69) is 0 Å². The molecule has 66 valence electrons. The number of aryl methyl sites for hydroxylation is 1. The van der Waals surface area contributed by atoms with Gasteiger partial charge in [-0.2, -0.15) is 0 Å². The average Bonchev–Trinajstić information content (AvgIpc) is 2.01. The van der Waals surface area contributed by atoms with E-state index in [0.29, 0.717) is 22.8 Å². The molecular formula is C8H12NO3+.